The molecule has 1 aromatic carbocycles. The average Bonchev–Trinajstić information content (AvgIpc) is 2.70. The van der Waals surface area contributed by atoms with Crippen LogP contribution in [0, 0.1) is 5.92 Å². The van der Waals surface area contributed by atoms with Crippen molar-refractivity contribution in [2.75, 3.05) is 6.54 Å². The van der Waals surface area contributed by atoms with Gasteiger partial charge in [-0.25, -0.2) is 0 Å². The van der Waals surface area contributed by atoms with Crippen molar-refractivity contribution < 1.29 is 9.59 Å². The summed E-state index contributed by atoms with van der Waals surface area (Å²) in [4.78, 5) is 26.4. The molecule has 1 aromatic rings. The summed E-state index contributed by atoms with van der Waals surface area (Å²) >= 11 is 7.87. The first kappa shape index (κ1) is 17.8. The van der Waals surface area contributed by atoms with E-state index in [1.165, 1.54) is 4.90 Å². The Bertz CT molecular complexity index is 606. The van der Waals surface area contributed by atoms with E-state index in [-0.39, 0.29) is 11.1 Å². The fraction of sp³-hybridized carbons (Fsp3) is 0.375. The number of rotatable bonds is 5. The van der Waals surface area contributed by atoms with E-state index in [0.717, 1.165) is 39.1 Å². The number of nitrogens with zero attached hydrogens (tertiary/aromatic N) is 1. The van der Waals surface area contributed by atoms with Gasteiger partial charge in [0, 0.05) is 15.5 Å². The molecule has 1 heterocycles. The number of thioether (sulfide) groups is 1. The lowest BCUT2D eigenvalue weighted by Gasteiger charge is -2.18. The highest BCUT2D eigenvalue weighted by Gasteiger charge is 2.35. The topological polar surface area (TPSA) is 37.4 Å². The Labute approximate surface area is 151 Å². The van der Waals surface area contributed by atoms with Crippen molar-refractivity contribution in [1.29, 1.82) is 0 Å². The molecule has 6 heteroatoms. The number of carbonyl (C=O) groups is 2. The lowest BCUT2D eigenvalue weighted by atomic mass is 10.0. The lowest BCUT2D eigenvalue weighted by Crippen LogP contribution is -2.33. The monoisotopic (exact) mass is 445 g/mol. The van der Waals surface area contributed by atoms with Gasteiger partial charge in [-0.3, -0.25) is 14.5 Å². The summed E-state index contributed by atoms with van der Waals surface area (Å²) in [6.45, 7) is 4.68. The summed E-state index contributed by atoms with van der Waals surface area (Å²) in [6, 6.07) is 5.76. The highest BCUT2D eigenvalue weighted by atomic mass is 79.9. The molecule has 0 atom stereocenters. The SMILES string of the molecule is CCC(CC)CN1C(=O)S/C(=C\c2cc(Br)cc(Br)c2)C1=O. The van der Waals surface area contributed by atoms with Gasteiger partial charge in [-0.05, 0) is 47.5 Å². The minimum absolute atomic E-state index is 0.169. The number of hydrogen-bond acceptors (Lipinski definition) is 3. The van der Waals surface area contributed by atoms with Gasteiger partial charge >= 0.3 is 0 Å². The van der Waals surface area contributed by atoms with Crippen LogP contribution in [0.4, 0.5) is 4.79 Å². The van der Waals surface area contributed by atoms with Crippen LogP contribution in [0.5, 0.6) is 0 Å². The van der Waals surface area contributed by atoms with Gasteiger partial charge in [0.15, 0.2) is 0 Å². The van der Waals surface area contributed by atoms with Crippen molar-refractivity contribution in [2.24, 2.45) is 5.92 Å². The Kier molecular flexibility index (Phi) is 6.29. The van der Waals surface area contributed by atoms with E-state index in [2.05, 4.69) is 45.7 Å². The van der Waals surface area contributed by atoms with Crippen molar-refractivity contribution >= 4 is 60.8 Å². The molecular weight excluding hydrogens is 430 g/mol. The van der Waals surface area contributed by atoms with Crippen LogP contribution in [-0.4, -0.2) is 22.6 Å². The molecule has 1 aliphatic heterocycles. The Hall–Kier alpha value is -0.590. The fourth-order valence-corrected chi connectivity index (χ4v) is 4.45. The number of carbonyl (C=O) groups excluding carboxylic acids is 2. The third-order valence-corrected chi connectivity index (χ3v) is 5.47. The van der Waals surface area contributed by atoms with Crippen molar-refractivity contribution in [1.82, 2.24) is 4.90 Å². The highest BCUT2D eigenvalue weighted by Crippen LogP contribution is 2.34. The number of benzene rings is 1. The summed E-state index contributed by atoms with van der Waals surface area (Å²) in [5, 5.41) is -0.169. The lowest BCUT2D eigenvalue weighted by molar-refractivity contribution is -0.123. The maximum absolute atomic E-state index is 12.5. The van der Waals surface area contributed by atoms with Crippen LogP contribution < -0.4 is 0 Å². The molecule has 0 aromatic heterocycles. The molecule has 2 amide bonds. The Balaban J connectivity index is 2.22. The van der Waals surface area contributed by atoms with Gasteiger partial charge in [0.25, 0.3) is 11.1 Å². The van der Waals surface area contributed by atoms with E-state index in [9.17, 15) is 9.59 Å². The number of halogens is 2. The fourth-order valence-electron chi connectivity index (χ4n) is 2.27. The molecule has 2 rings (SSSR count). The third-order valence-electron chi connectivity index (χ3n) is 3.65. The molecule has 0 aliphatic carbocycles. The van der Waals surface area contributed by atoms with E-state index in [1.54, 1.807) is 6.08 Å². The van der Waals surface area contributed by atoms with E-state index in [1.807, 2.05) is 18.2 Å². The highest BCUT2D eigenvalue weighted by molar-refractivity contribution is 9.11. The second kappa shape index (κ2) is 7.79. The molecule has 1 aliphatic rings. The van der Waals surface area contributed by atoms with Gasteiger partial charge in [-0.2, -0.15) is 0 Å². The smallest absolute Gasteiger partial charge is 0.268 e. The molecule has 3 nitrogen and oxygen atoms in total. The zero-order valence-electron chi connectivity index (χ0n) is 12.4. The summed E-state index contributed by atoms with van der Waals surface area (Å²) in [5.41, 5.74) is 0.884. The molecule has 0 saturated carbocycles. The number of hydrogen-bond donors (Lipinski definition) is 0. The first-order valence-corrected chi connectivity index (χ1v) is 9.56. The zero-order valence-corrected chi connectivity index (χ0v) is 16.4. The zero-order chi connectivity index (χ0) is 16.3. The predicted molar refractivity (Wildman–Crippen MR) is 98.6 cm³/mol. The maximum atomic E-state index is 12.5. The molecular formula is C16H17Br2NO2S. The van der Waals surface area contributed by atoms with Gasteiger partial charge < -0.3 is 0 Å². The van der Waals surface area contributed by atoms with E-state index in [4.69, 9.17) is 0 Å². The van der Waals surface area contributed by atoms with Crippen LogP contribution in [0.1, 0.15) is 32.3 Å². The molecule has 0 N–H and O–H groups in total. The quantitative estimate of drug-likeness (QED) is 0.545. The summed E-state index contributed by atoms with van der Waals surface area (Å²) in [5.74, 6) is 0.186. The van der Waals surface area contributed by atoms with E-state index >= 15 is 0 Å². The molecule has 1 fully saturated rings. The van der Waals surface area contributed by atoms with E-state index < -0.39 is 0 Å². The third kappa shape index (κ3) is 4.24. The minimum atomic E-state index is -0.182. The summed E-state index contributed by atoms with van der Waals surface area (Å²) in [6.07, 6.45) is 3.71. The molecule has 22 heavy (non-hydrogen) atoms. The number of imide groups is 1. The molecule has 0 spiro atoms. The largest absolute Gasteiger partial charge is 0.293 e. The second-order valence-electron chi connectivity index (χ2n) is 5.18. The maximum Gasteiger partial charge on any atom is 0.293 e. The van der Waals surface area contributed by atoms with Gasteiger partial charge in [0.2, 0.25) is 0 Å². The second-order valence-corrected chi connectivity index (χ2v) is 8.00. The first-order valence-electron chi connectivity index (χ1n) is 7.16. The van der Waals surface area contributed by atoms with Crippen molar-refractivity contribution in [3.63, 3.8) is 0 Å². The van der Waals surface area contributed by atoms with Crippen LogP contribution in [-0.2, 0) is 4.79 Å². The van der Waals surface area contributed by atoms with Crippen molar-refractivity contribution in [3.05, 3.63) is 37.6 Å². The van der Waals surface area contributed by atoms with Gasteiger partial charge in [0.05, 0.1) is 4.91 Å². The predicted octanol–water partition coefficient (Wildman–Crippen LogP) is 5.68. The number of amides is 2. The van der Waals surface area contributed by atoms with Crippen LogP contribution in [0.25, 0.3) is 6.08 Å². The van der Waals surface area contributed by atoms with Crippen LogP contribution in [0.15, 0.2) is 32.0 Å². The van der Waals surface area contributed by atoms with Crippen LogP contribution >= 0.6 is 43.6 Å². The molecule has 0 bridgehead atoms. The first-order chi connectivity index (χ1) is 10.4. The molecule has 0 radical (unpaired) electrons. The van der Waals surface area contributed by atoms with Gasteiger partial charge in [-0.1, -0.05) is 58.5 Å². The van der Waals surface area contributed by atoms with Gasteiger partial charge in [-0.15, -0.1) is 0 Å². The van der Waals surface area contributed by atoms with Crippen LogP contribution in [0.3, 0.4) is 0 Å². The Morgan fingerprint density at radius 2 is 1.73 bits per heavy atom. The van der Waals surface area contributed by atoms with Crippen LogP contribution in [0.2, 0.25) is 0 Å². The van der Waals surface area contributed by atoms with E-state index in [0.29, 0.717) is 17.4 Å². The van der Waals surface area contributed by atoms with Crippen molar-refractivity contribution in [2.45, 2.75) is 26.7 Å². The Morgan fingerprint density at radius 1 is 1.14 bits per heavy atom. The normalized spacial score (nSPS) is 17.1. The molecule has 0 unspecified atom stereocenters. The summed E-state index contributed by atoms with van der Waals surface area (Å²) < 4.78 is 1.84. The summed E-state index contributed by atoms with van der Waals surface area (Å²) in [7, 11) is 0. The molecule has 1 saturated heterocycles. The standard InChI is InChI=1S/C16H17Br2NO2S/c1-3-10(4-2)9-19-15(20)14(22-16(19)21)7-11-5-12(17)8-13(18)6-11/h5-8,10H,3-4,9H2,1-2H3/b14-7-. The van der Waals surface area contributed by atoms with Gasteiger partial charge in [0.1, 0.15) is 0 Å². The molecule has 118 valence electrons. The Morgan fingerprint density at radius 3 is 2.27 bits per heavy atom. The van der Waals surface area contributed by atoms with Crippen molar-refractivity contribution in [3.8, 4) is 0 Å². The average molecular weight is 447 g/mol. The minimum Gasteiger partial charge on any atom is -0.268 e.